The molecule has 5 heteroatoms. The highest BCUT2D eigenvalue weighted by atomic mass is 79.9. The monoisotopic (exact) mass is 340 g/mol. The van der Waals surface area contributed by atoms with Crippen molar-refractivity contribution in [2.75, 3.05) is 40.4 Å². The summed E-state index contributed by atoms with van der Waals surface area (Å²) in [5, 5.41) is 3.37. The van der Waals surface area contributed by atoms with Crippen molar-refractivity contribution in [1.29, 1.82) is 0 Å². The first-order valence-corrected chi connectivity index (χ1v) is 7.49. The molecule has 1 saturated heterocycles. The number of piperazine rings is 1. The van der Waals surface area contributed by atoms with Crippen molar-refractivity contribution in [3.8, 4) is 11.5 Å². The SMILES string of the molecule is C=C[C@@H](c1cc(OC)c(Br)cc1OC)N1CCNCC1. The van der Waals surface area contributed by atoms with E-state index in [1.54, 1.807) is 14.2 Å². The molecular weight excluding hydrogens is 320 g/mol. The number of benzene rings is 1. The fraction of sp³-hybridized carbons (Fsp3) is 0.467. The maximum Gasteiger partial charge on any atom is 0.133 e. The summed E-state index contributed by atoms with van der Waals surface area (Å²) in [6, 6.07) is 4.11. The lowest BCUT2D eigenvalue weighted by Gasteiger charge is -2.34. The third-order valence-electron chi connectivity index (χ3n) is 3.59. The summed E-state index contributed by atoms with van der Waals surface area (Å²) < 4.78 is 11.8. The van der Waals surface area contributed by atoms with E-state index in [2.05, 4.69) is 32.7 Å². The molecule has 1 heterocycles. The van der Waals surface area contributed by atoms with Crippen molar-refractivity contribution in [2.24, 2.45) is 0 Å². The number of ether oxygens (including phenoxy) is 2. The van der Waals surface area contributed by atoms with Gasteiger partial charge in [0.2, 0.25) is 0 Å². The van der Waals surface area contributed by atoms with Crippen LogP contribution in [0.25, 0.3) is 0 Å². The Hall–Kier alpha value is -1.04. The van der Waals surface area contributed by atoms with E-state index < -0.39 is 0 Å². The summed E-state index contributed by atoms with van der Waals surface area (Å²) in [4.78, 5) is 2.40. The smallest absolute Gasteiger partial charge is 0.133 e. The quantitative estimate of drug-likeness (QED) is 0.835. The summed E-state index contributed by atoms with van der Waals surface area (Å²) in [5.74, 6) is 1.66. The summed E-state index contributed by atoms with van der Waals surface area (Å²) >= 11 is 3.49. The van der Waals surface area contributed by atoms with Gasteiger partial charge in [0, 0.05) is 31.7 Å². The van der Waals surface area contributed by atoms with Gasteiger partial charge in [0.15, 0.2) is 0 Å². The molecular formula is C15H21BrN2O2. The molecule has 1 aliphatic heterocycles. The van der Waals surface area contributed by atoms with Gasteiger partial charge < -0.3 is 14.8 Å². The van der Waals surface area contributed by atoms with Crippen LogP contribution in [0.3, 0.4) is 0 Å². The van der Waals surface area contributed by atoms with Crippen molar-refractivity contribution >= 4 is 15.9 Å². The first kappa shape index (κ1) is 15.4. The van der Waals surface area contributed by atoms with Crippen LogP contribution in [0.5, 0.6) is 11.5 Å². The van der Waals surface area contributed by atoms with Crippen molar-refractivity contribution in [2.45, 2.75) is 6.04 Å². The maximum absolute atomic E-state index is 5.52. The Morgan fingerprint density at radius 1 is 1.25 bits per heavy atom. The van der Waals surface area contributed by atoms with Gasteiger partial charge in [-0.2, -0.15) is 0 Å². The van der Waals surface area contributed by atoms with E-state index in [-0.39, 0.29) is 6.04 Å². The molecule has 110 valence electrons. The molecule has 1 N–H and O–H groups in total. The van der Waals surface area contributed by atoms with Gasteiger partial charge >= 0.3 is 0 Å². The van der Waals surface area contributed by atoms with Gasteiger partial charge in [-0.05, 0) is 28.1 Å². The Bertz CT molecular complexity index is 473. The Balaban J connectivity index is 2.38. The summed E-state index contributed by atoms with van der Waals surface area (Å²) in [5.41, 5.74) is 1.09. The Morgan fingerprint density at radius 3 is 2.45 bits per heavy atom. The molecule has 0 bridgehead atoms. The van der Waals surface area contributed by atoms with Gasteiger partial charge in [0.25, 0.3) is 0 Å². The number of hydrogen-bond donors (Lipinski definition) is 1. The summed E-state index contributed by atoms with van der Waals surface area (Å²) in [6.07, 6.45) is 1.97. The van der Waals surface area contributed by atoms with Crippen molar-refractivity contribution in [3.05, 3.63) is 34.8 Å². The predicted octanol–water partition coefficient (Wildman–Crippen LogP) is 2.60. The normalized spacial score (nSPS) is 17.6. The number of nitrogens with zero attached hydrogens (tertiary/aromatic N) is 1. The number of methoxy groups -OCH3 is 2. The third-order valence-corrected chi connectivity index (χ3v) is 4.21. The Kier molecular flexibility index (Phi) is 5.46. The summed E-state index contributed by atoms with van der Waals surface area (Å²) in [7, 11) is 3.36. The van der Waals surface area contributed by atoms with Crippen LogP contribution in [0.1, 0.15) is 11.6 Å². The minimum atomic E-state index is 0.133. The Morgan fingerprint density at radius 2 is 1.90 bits per heavy atom. The number of halogens is 1. The van der Waals surface area contributed by atoms with E-state index >= 15 is 0 Å². The zero-order chi connectivity index (χ0) is 14.5. The molecule has 0 spiro atoms. The van der Waals surface area contributed by atoms with E-state index in [1.807, 2.05) is 18.2 Å². The highest BCUT2D eigenvalue weighted by Gasteiger charge is 2.23. The molecule has 1 aromatic carbocycles. The first-order valence-electron chi connectivity index (χ1n) is 6.70. The lowest BCUT2D eigenvalue weighted by atomic mass is 10.0. The second-order valence-corrected chi connectivity index (χ2v) is 5.55. The molecule has 20 heavy (non-hydrogen) atoms. The fourth-order valence-corrected chi connectivity index (χ4v) is 3.03. The average Bonchev–Trinajstić information content (AvgIpc) is 2.50. The van der Waals surface area contributed by atoms with Gasteiger partial charge in [-0.1, -0.05) is 6.08 Å². The first-order chi connectivity index (χ1) is 9.71. The third kappa shape index (κ3) is 3.16. The largest absolute Gasteiger partial charge is 0.496 e. The lowest BCUT2D eigenvalue weighted by molar-refractivity contribution is 0.200. The highest BCUT2D eigenvalue weighted by molar-refractivity contribution is 9.10. The molecule has 1 fully saturated rings. The van der Waals surface area contributed by atoms with Gasteiger partial charge in [0.05, 0.1) is 24.7 Å². The minimum absolute atomic E-state index is 0.133. The van der Waals surface area contributed by atoms with E-state index in [0.717, 1.165) is 47.7 Å². The van der Waals surface area contributed by atoms with Gasteiger partial charge in [-0.25, -0.2) is 0 Å². The molecule has 0 unspecified atom stereocenters. The molecule has 0 amide bonds. The van der Waals surface area contributed by atoms with Crippen LogP contribution < -0.4 is 14.8 Å². The van der Waals surface area contributed by atoms with Crippen molar-refractivity contribution in [3.63, 3.8) is 0 Å². The number of hydrogen-bond acceptors (Lipinski definition) is 4. The van der Waals surface area contributed by atoms with Crippen LogP contribution in [0, 0.1) is 0 Å². The lowest BCUT2D eigenvalue weighted by Crippen LogP contribution is -2.44. The number of nitrogens with one attached hydrogen (secondary N) is 1. The fourth-order valence-electron chi connectivity index (χ4n) is 2.55. The van der Waals surface area contributed by atoms with E-state index in [0.29, 0.717) is 0 Å². The van der Waals surface area contributed by atoms with Gasteiger partial charge in [-0.15, -0.1) is 6.58 Å². The van der Waals surface area contributed by atoms with E-state index in [4.69, 9.17) is 9.47 Å². The molecule has 1 aliphatic rings. The van der Waals surface area contributed by atoms with Crippen molar-refractivity contribution in [1.82, 2.24) is 10.2 Å². The van der Waals surface area contributed by atoms with Crippen LogP contribution in [0.15, 0.2) is 29.3 Å². The van der Waals surface area contributed by atoms with Crippen molar-refractivity contribution < 1.29 is 9.47 Å². The van der Waals surface area contributed by atoms with Crippen LogP contribution >= 0.6 is 15.9 Å². The standard InChI is InChI=1S/C15H21BrN2O2/c1-4-13(18-7-5-17-6-8-18)11-9-15(20-3)12(16)10-14(11)19-2/h4,9-10,13,17H,1,5-8H2,2-3H3/t13-/m0/s1. The van der Waals surface area contributed by atoms with E-state index in [1.165, 1.54) is 0 Å². The second-order valence-electron chi connectivity index (χ2n) is 4.70. The highest BCUT2D eigenvalue weighted by Crippen LogP contribution is 2.38. The molecule has 0 saturated carbocycles. The Labute approximate surface area is 128 Å². The molecule has 0 aliphatic carbocycles. The molecule has 4 nitrogen and oxygen atoms in total. The van der Waals surface area contributed by atoms with Crippen LogP contribution in [-0.2, 0) is 0 Å². The molecule has 1 aromatic rings. The van der Waals surface area contributed by atoms with Crippen LogP contribution in [0.4, 0.5) is 0 Å². The topological polar surface area (TPSA) is 33.7 Å². The van der Waals surface area contributed by atoms with Crippen LogP contribution in [-0.4, -0.2) is 45.3 Å². The minimum Gasteiger partial charge on any atom is -0.496 e. The van der Waals surface area contributed by atoms with Crippen LogP contribution in [0.2, 0.25) is 0 Å². The molecule has 0 aromatic heterocycles. The number of rotatable bonds is 5. The van der Waals surface area contributed by atoms with Gasteiger partial charge in [-0.3, -0.25) is 4.90 Å². The maximum atomic E-state index is 5.52. The predicted molar refractivity (Wildman–Crippen MR) is 84.6 cm³/mol. The van der Waals surface area contributed by atoms with E-state index in [9.17, 15) is 0 Å². The molecule has 1 atom stereocenters. The second kappa shape index (κ2) is 7.11. The average molecular weight is 341 g/mol. The zero-order valence-corrected chi connectivity index (χ0v) is 13.6. The summed E-state index contributed by atoms with van der Waals surface area (Å²) in [6.45, 7) is 7.99. The zero-order valence-electron chi connectivity index (χ0n) is 12.0. The molecule has 2 rings (SSSR count). The molecule has 0 radical (unpaired) electrons. The van der Waals surface area contributed by atoms with Gasteiger partial charge in [0.1, 0.15) is 11.5 Å².